The summed E-state index contributed by atoms with van der Waals surface area (Å²) in [6.45, 7) is 0. The van der Waals surface area contributed by atoms with Crippen molar-refractivity contribution in [3.8, 4) is 11.1 Å². The average molecular weight is 274 g/mol. The summed E-state index contributed by atoms with van der Waals surface area (Å²) < 4.78 is 0. The molecule has 3 aromatic rings. The lowest BCUT2D eigenvalue weighted by Crippen LogP contribution is -2.04. The lowest BCUT2D eigenvalue weighted by Gasteiger charge is -2.27. The summed E-state index contributed by atoms with van der Waals surface area (Å²) in [6, 6.07) is 28.3. The molecule has 0 fully saturated rings. The molecule has 0 saturated heterocycles. The maximum absolute atomic E-state index is 2.26. The highest BCUT2D eigenvalue weighted by molar-refractivity contribution is 8.00. The zero-order valence-corrected chi connectivity index (χ0v) is 11.8. The fraction of sp³-hybridized carbons (Fsp3) is 0.0526. The average Bonchev–Trinajstić information content (AvgIpc) is 2.55. The van der Waals surface area contributed by atoms with Gasteiger partial charge in [0.25, 0.3) is 0 Å². The van der Waals surface area contributed by atoms with Crippen molar-refractivity contribution in [1.82, 2.24) is 0 Å². The van der Waals surface area contributed by atoms with Crippen LogP contribution < -0.4 is 0 Å². The van der Waals surface area contributed by atoms with Crippen molar-refractivity contribution in [1.29, 1.82) is 0 Å². The molecule has 20 heavy (non-hydrogen) atoms. The minimum atomic E-state index is 0.391. The zero-order valence-electron chi connectivity index (χ0n) is 11.0. The van der Waals surface area contributed by atoms with Crippen LogP contribution in [0.2, 0.25) is 0 Å². The molecule has 1 heterocycles. The quantitative estimate of drug-likeness (QED) is 0.560. The fourth-order valence-electron chi connectivity index (χ4n) is 2.83. The molecule has 1 aliphatic heterocycles. The summed E-state index contributed by atoms with van der Waals surface area (Å²) in [5.74, 6) is 0. The number of fused-ring (bicyclic) bond motifs is 3. The standard InChI is InChI=1S/C19H14S/c1-2-8-14(9-3-1)19-17-12-5-4-10-15(17)16-11-6-7-13-18(16)20-19/h1-13,19H. The van der Waals surface area contributed by atoms with E-state index in [1.165, 1.54) is 27.1 Å². The molecule has 4 rings (SSSR count). The van der Waals surface area contributed by atoms with Crippen molar-refractivity contribution in [3.63, 3.8) is 0 Å². The minimum Gasteiger partial charge on any atom is -0.112 e. The van der Waals surface area contributed by atoms with Gasteiger partial charge in [0.2, 0.25) is 0 Å². The SMILES string of the molecule is c1ccc(C2Sc3ccccc3-c3ccccc32)cc1. The Bertz CT molecular complexity index is 746. The number of hydrogen-bond donors (Lipinski definition) is 0. The largest absolute Gasteiger partial charge is 0.112 e. The number of benzene rings is 3. The second-order valence-electron chi connectivity index (χ2n) is 4.99. The van der Waals surface area contributed by atoms with Gasteiger partial charge in [-0.25, -0.2) is 0 Å². The van der Waals surface area contributed by atoms with Crippen LogP contribution in [0.4, 0.5) is 0 Å². The molecule has 0 saturated carbocycles. The first-order valence-electron chi connectivity index (χ1n) is 6.83. The van der Waals surface area contributed by atoms with Crippen LogP contribution in [-0.4, -0.2) is 0 Å². The molecule has 0 amide bonds. The van der Waals surface area contributed by atoms with Gasteiger partial charge < -0.3 is 0 Å². The summed E-state index contributed by atoms with van der Waals surface area (Å²) in [5.41, 5.74) is 5.53. The monoisotopic (exact) mass is 274 g/mol. The summed E-state index contributed by atoms with van der Waals surface area (Å²) in [4.78, 5) is 1.38. The molecule has 0 spiro atoms. The third kappa shape index (κ3) is 1.86. The van der Waals surface area contributed by atoms with Gasteiger partial charge in [-0.15, -0.1) is 11.8 Å². The molecule has 3 aromatic carbocycles. The molecule has 0 N–H and O–H groups in total. The van der Waals surface area contributed by atoms with Crippen LogP contribution in [0.5, 0.6) is 0 Å². The van der Waals surface area contributed by atoms with E-state index in [-0.39, 0.29) is 0 Å². The molecule has 0 bridgehead atoms. The molecule has 0 radical (unpaired) electrons. The van der Waals surface area contributed by atoms with E-state index in [2.05, 4.69) is 78.9 Å². The normalized spacial score (nSPS) is 16.3. The van der Waals surface area contributed by atoms with Gasteiger partial charge in [-0.2, -0.15) is 0 Å². The van der Waals surface area contributed by atoms with Crippen LogP contribution in [0, 0.1) is 0 Å². The van der Waals surface area contributed by atoms with Crippen LogP contribution >= 0.6 is 11.8 Å². The van der Waals surface area contributed by atoms with E-state index >= 15 is 0 Å². The highest BCUT2D eigenvalue weighted by atomic mass is 32.2. The molecule has 1 heteroatoms. The summed E-state index contributed by atoms with van der Waals surface area (Å²) in [6.07, 6.45) is 0. The van der Waals surface area contributed by atoms with Crippen molar-refractivity contribution in [2.75, 3.05) is 0 Å². The van der Waals surface area contributed by atoms with E-state index < -0.39 is 0 Å². The summed E-state index contributed by atoms with van der Waals surface area (Å²) >= 11 is 1.95. The Labute approximate surface area is 123 Å². The third-order valence-corrected chi connectivity index (χ3v) is 5.14. The predicted molar refractivity (Wildman–Crippen MR) is 86.0 cm³/mol. The third-order valence-electron chi connectivity index (χ3n) is 3.77. The Morgan fingerprint density at radius 1 is 0.600 bits per heavy atom. The topological polar surface area (TPSA) is 0 Å². The molecule has 96 valence electrons. The lowest BCUT2D eigenvalue weighted by atomic mass is 9.94. The van der Waals surface area contributed by atoms with Gasteiger partial charge >= 0.3 is 0 Å². The Balaban J connectivity index is 1.93. The molecule has 0 aliphatic carbocycles. The first-order valence-corrected chi connectivity index (χ1v) is 7.71. The van der Waals surface area contributed by atoms with Gasteiger partial charge in [-0.1, -0.05) is 72.8 Å². The smallest absolute Gasteiger partial charge is 0.0600 e. The second-order valence-corrected chi connectivity index (χ2v) is 6.14. The first-order chi connectivity index (χ1) is 9.93. The minimum absolute atomic E-state index is 0.391. The molecule has 0 aromatic heterocycles. The lowest BCUT2D eigenvalue weighted by molar-refractivity contribution is 1.13. The Hall–Kier alpha value is -1.99. The van der Waals surface area contributed by atoms with Gasteiger partial charge in [0, 0.05) is 4.90 Å². The van der Waals surface area contributed by atoms with Crippen LogP contribution in [0.15, 0.2) is 83.8 Å². The van der Waals surface area contributed by atoms with Gasteiger partial charge in [0.15, 0.2) is 0 Å². The summed E-state index contributed by atoms with van der Waals surface area (Å²) in [5, 5.41) is 0.391. The van der Waals surface area contributed by atoms with Gasteiger partial charge in [-0.3, -0.25) is 0 Å². The molecule has 1 unspecified atom stereocenters. The number of rotatable bonds is 1. The maximum atomic E-state index is 2.26. The van der Waals surface area contributed by atoms with Crippen LogP contribution in [-0.2, 0) is 0 Å². The fourth-order valence-corrected chi connectivity index (χ4v) is 4.17. The second kappa shape index (κ2) is 4.84. The highest BCUT2D eigenvalue weighted by Gasteiger charge is 2.25. The number of thioether (sulfide) groups is 1. The molecular formula is C19H14S. The molecule has 1 atom stereocenters. The van der Waals surface area contributed by atoms with Crippen LogP contribution in [0.1, 0.15) is 16.4 Å². The van der Waals surface area contributed by atoms with Crippen molar-refractivity contribution in [2.45, 2.75) is 10.1 Å². The highest BCUT2D eigenvalue weighted by Crippen LogP contribution is 2.51. The van der Waals surface area contributed by atoms with Gasteiger partial charge in [-0.05, 0) is 28.3 Å². The van der Waals surface area contributed by atoms with E-state index in [4.69, 9.17) is 0 Å². The zero-order chi connectivity index (χ0) is 13.4. The Kier molecular flexibility index (Phi) is 2.86. The van der Waals surface area contributed by atoms with Crippen molar-refractivity contribution < 1.29 is 0 Å². The van der Waals surface area contributed by atoms with Crippen molar-refractivity contribution in [3.05, 3.63) is 90.0 Å². The first kappa shape index (κ1) is 11.8. The predicted octanol–water partition coefficient (Wildman–Crippen LogP) is 5.55. The van der Waals surface area contributed by atoms with Crippen LogP contribution in [0.25, 0.3) is 11.1 Å². The van der Waals surface area contributed by atoms with E-state index in [0.717, 1.165) is 0 Å². The van der Waals surface area contributed by atoms with E-state index in [1.54, 1.807) is 0 Å². The number of hydrogen-bond acceptors (Lipinski definition) is 1. The van der Waals surface area contributed by atoms with Crippen molar-refractivity contribution >= 4 is 11.8 Å². The van der Waals surface area contributed by atoms with Crippen LogP contribution in [0.3, 0.4) is 0 Å². The van der Waals surface area contributed by atoms with E-state index in [9.17, 15) is 0 Å². The molecular weight excluding hydrogens is 260 g/mol. The van der Waals surface area contributed by atoms with E-state index in [0.29, 0.717) is 5.25 Å². The Morgan fingerprint density at radius 3 is 2.10 bits per heavy atom. The molecule has 1 aliphatic rings. The van der Waals surface area contributed by atoms with Gasteiger partial charge in [0.1, 0.15) is 0 Å². The van der Waals surface area contributed by atoms with E-state index in [1.807, 2.05) is 11.8 Å². The Morgan fingerprint density at radius 2 is 1.25 bits per heavy atom. The van der Waals surface area contributed by atoms with Gasteiger partial charge in [0.05, 0.1) is 5.25 Å². The van der Waals surface area contributed by atoms with Crippen molar-refractivity contribution in [2.24, 2.45) is 0 Å². The molecule has 0 nitrogen and oxygen atoms in total. The summed E-state index contributed by atoms with van der Waals surface area (Å²) in [7, 11) is 0. The maximum Gasteiger partial charge on any atom is 0.0600 e.